The number of hydrogen-bond acceptors (Lipinski definition) is 3. The molecule has 0 aromatic heterocycles. The summed E-state index contributed by atoms with van der Waals surface area (Å²) in [7, 11) is -3.80. The van der Waals surface area contributed by atoms with E-state index in [1.165, 1.54) is 6.07 Å². The lowest BCUT2D eigenvalue weighted by Gasteiger charge is -2.36. The molecule has 0 aliphatic heterocycles. The molecule has 1 saturated carbocycles. The molecule has 0 amide bonds. The molecule has 18 heavy (non-hydrogen) atoms. The van der Waals surface area contributed by atoms with Crippen molar-refractivity contribution in [2.24, 2.45) is 0 Å². The summed E-state index contributed by atoms with van der Waals surface area (Å²) in [6.45, 7) is 3.71. The van der Waals surface area contributed by atoms with Gasteiger partial charge in [0.2, 0.25) is 0 Å². The van der Waals surface area contributed by atoms with Crippen molar-refractivity contribution in [2.75, 3.05) is 0 Å². The highest BCUT2D eigenvalue weighted by Crippen LogP contribution is 2.43. The van der Waals surface area contributed by atoms with E-state index in [-0.39, 0.29) is 17.7 Å². The smallest absolute Gasteiger partial charge is 0.325 e. The molecule has 0 bridgehead atoms. The fourth-order valence-corrected chi connectivity index (χ4v) is 4.29. The van der Waals surface area contributed by atoms with Gasteiger partial charge in [-0.05, 0) is 56.4 Å². The molecule has 0 unspecified atom stereocenters. The Kier molecular flexibility index (Phi) is 2.97. The number of carboxylic acid groups (broad SMARTS) is 1. The van der Waals surface area contributed by atoms with Gasteiger partial charge in [0, 0.05) is 0 Å². The average Bonchev–Trinajstić information content (AvgIpc) is 2.18. The number of aryl methyl sites for hydroxylation is 2. The first-order valence-electron chi connectivity index (χ1n) is 5.86. The van der Waals surface area contributed by atoms with Crippen LogP contribution in [0.5, 0.6) is 0 Å². The van der Waals surface area contributed by atoms with Gasteiger partial charge in [-0.15, -0.1) is 0 Å². The summed E-state index contributed by atoms with van der Waals surface area (Å²) in [5.74, 6) is -1.23. The van der Waals surface area contributed by atoms with Crippen molar-refractivity contribution in [3.8, 4) is 0 Å². The molecule has 0 spiro atoms. The van der Waals surface area contributed by atoms with Crippen LogP contribution in [0.2, 0.25) is 0 Å². The summed E-state index contributed by atoms with van der Waals surface area (Å²) < 4.78 is 23.3. The van der Waals surface area contributed by atoms with Crippen LogP contribution >= 0.6 is 0 Å². The predicted octanol–water partition coefficient (Wildman–Crippen LogP) is 2.08. The zero-order valence-corrected chi connectivity index (χ0v) is 11.3. The Morgan fingerprint density at radius 2 is 1.83 bits per heavy atom. The van der Waals surface area contributed by atoms with Crippen molar-refractivity contribution in [1.29, 1.82) is 0 Å². The Morgan fingerprint density at radius 3 is 2.22 bits per heavy atom. The van der Waals surface area contributed by atoms with E-state index in [4.69, 9.17) is 0 Å². The van der Waals surface area contributed by atoms with Crippen molar-refractivity contribution in [1.82, 2.24) is 0 Å². The zero-order valence-electron chi connectivity index (χ0n) is 10.4. The van der Waals surface area contributed by atoms with Crippen LogP contribution in [0.1, 0.15) is 30.4 Å². The molecular weight excluding hydrogens is 252 g/mol. The number of hydrogen-bond donors (Lipinski definition) is 1. The van der Waals surface area contributed by atoms with Crippen molar-refractivity contribution in [3.05, 3.63) is 29.3 Å². The van der Waals surface area contributed by atoms with E-state index in [1.54, 1.807) is 12.1 Å². The zero-order chi connectivity index (χ0) is 13.6. The van der Waals surface area contributed by atoms with Crippen LogP contribution in [0.25, 0.3) is 0 Å². The van der Waals surface area contributed by atoms with Crippen LogP contribution in [0.15, 0.2) is 23.1 Å². The Bertz CT molecular complexity index is 597. The second-order valence-electron chi connectivity index (χ2n) is 4.90. The van der Waals surface area contributed by atoms with Gasteiger partial charge < -0.3 is 5.11 Å². The van der Waals surface area contributed by atoms with E-state index in [0.29, 0.717) is 6.42 Å². The number of sulfone groups is 1. The standard InChI is InChI=1S/C13H16O4S/c1-9-4-5-11(8-10(9)2)18(16,17)13(12(14)15)6-3-7-13/h4-5,8H,3,6-7H2,1-2H3,(H,14,15). The molecule has 5 heteroatoms. The minimum Gasteiger partial charge on any atom is -0.480 e. The highest BCUT2D eigenvalue weighted by atomic mass is 32.2. The van der Waals surface area contributed by atoms with E-state index in [2.05, 4.69) is 0 Å². The normalized spacial score (nSPS) is 18.1. The molecule has 1 N–H and O–H groups in total. The van der Waals surface area contributed by atoms with E-state index < -0.39 is 20.6 Å². The number of carboxylic acids is 1. The summed E-state index contributed by atoms with van der Waals surface area (Å²) in [6.07, 6.45) is 1.06. The maximum atomic E-state index is 12.5. The Balaban J connectivity index is 2.54. The van der Waals surface area contributed by atoms with Gasteiger partial charge >= 0.3 is 5.97 Å². The Labute approximate surface area is 107 Å². The fourth-order valence-electron chi connectivity index (χ4n) is 2.20. The van der Waals surface area contributed by atoms with E-state index >= 15 is 0 Å². The number of carbonyl (C=O) groups is 1. The molecule has 0 saturated heterocycles. The topological polar surface area (TPSA) is 71.4 Å². The summed E-state index contributed by atoms with van der Waals surface area (Å²) in [6, 6.07) is 4.78. The lowest BCUT2D eigenvalue weighted by molar-refractivity contribution is -0.142. The van der Waals surface area contributed by atoms with Gasteiger partial charge in [-0.25, -0.2) is 8.42 Å². The molecule has 1 fully saturated rings. The molecule has 2 rings (SSSR count). The molecule has 4 nitrogen and oxygen atoms in total. The maximum Gasteiger partial charge on any atom is 0.325 e. The van der Waals surface area contributed by atoms with Gasteiger partial charge in [-0.1, -0.05) is 6.07 Å². The van der Waals surface area contributed by atoms with Crippen molar-refractivity contribution >= 4 is 15.8 Å². The van der Waals surface area contributed by atoms with Crippen LogP contribution < -0.4 is 0 Å². The minimum absolute atomic E-state index is 0.118. The second-order valence-corrected chi connectivity index (χ2v) is 7.16. The second kappa shape index (κ2) is 4.09. The largest absolute Gasteiger partial charge is 0.480 e. The number of aliphatic carboxylic acids is 1. The summed E-state index contributed by atoms with van der Waals surface area (Å²) in [5.41, 5.74) is 1.85. The molecule has 1 aliphatic carbocycles. The molecule has 1 aromatic carbocycles. The molecule has 0 radical (unpaired) electrons. The third-order valence-electron chi connectivity index (χ3n) is 3.85. The Morgan fingerprint density at radius 1 is 1.22 bits per heavy atom. The van der Waals surface area contributed by atoms with Crippen LogP contribution in [-0.4, -0.2) is 24.2 Å². The average molecular weight is 268 g/mol. The highest BCUT2D eigenvalue weighted by Gasteiger charge is 2.56. The van der Waals surface area contributed by atoms with Gasteiger partial charge in [0.25, 0.3) is 0 Å². The lowest BCUT2D eigenvalue weighted by Crippen LogP contribution is -2.52. The first kappa shape index (κ1) is 13.1. The van der Waals surface area contributed by atoms with E-state index in [9.17, 15) is 18.3 Å². The third kappa shape index (κ3) is 1.65. The van der Waals surface area contributed by atoms with Crippen molar-refractivity contribution < 1.29 is 18.3 Å². The van der Waals surface area contributed by atoms with Gasteiger partial charge in [0.1, 0.15) is 0 Å². The van der Waals surface area contributed by atoms with Crippen LogP contribution in [0.3, 0.4) is 0 Å². The van der Waals surface area contributed by atoms with Gasteiger partial charge in [0.15, 0.2) is 14.6 Å². The highest BCUT2D eigenvalue weighted by molar-refractivity contribution is 7.93. The molecular formula is C13H16O4S. The minimum atomic E-state index is -3.80. The molecule has 0 atom stereocenters. The number of benzene rings is 1. The first-order valence-corrected chi connectivity index (χ1v) is 7.35. The fraction of sp³-hybridized carbons (Fsp3) is 0.462. The monoisotopic (exact) mass is 268 g/mol. The maximum absolute atomic E-state index is 12.5. The van der Waals surface area contributed by atoms with Gasteiger partial charge in [-0.2, -0.15) is 0 Å². The van der Waals surface area contributed by atoms with Crippen molar-refractivity contribution in [2.45, 2.75) is 42.8 Å². The molecule has 98 valence electrons. The first-order chi connectivity index (χ1) is 8.31. The van der Waals surface area contributed by atoms with E-state index in [1.807, 2.05) is 13.8 Å². The SMILES string of the molecule is Cc1ccc(S(=O)(=O)C2(C(=O)O)CCC2)cc1C. The van der Waals surface area contributed by atoms with Crippen LogP contribution in [0.4, 0.5) is 0 Å². The molecule has 1 aliphatic rings. The molecule has 1 aromatic rings. The van der Waals surface area contributed by atoms with E-state index in [0.717, 1.165) is 11.1 Å². The number of rotatable bonds is 3. The predicted molar refractivity (Wildman–Crippen MR) is 67.3 cm³/mol. The van der Waals surface area contributed by atoms with Crippen LogP contribution in [-0.2, 0) is 14.6 Å². The summed E-state index contributed by atoms with van der Waals surface area (Å²) >= 11 is 0. The van der Waals surface area contributed by atoms with Crippen molar-refractivity contribution in [3.63, 3.8) is 0 Å². The quantitative estimate of drug-likeness (QED) is 0.911. The summed E-state index contributed by atoms with van der Waals surface area (Å²) in [5, 5.41) is 9.23. The Hall–Kier alpha value is -1.36. The third-order valence-corrected chi connectivity index (χ3v) is 6.34. The lowest BCUT2D eigenvalue weighted by atomic mass is 9.84. The van der Waals surface area contributed by atoms with Gasteiger partial charge in [-0.3, -0.25) is 4.79 Å². The summed E-state index contributed by atoms with van der Waals surface area (Å²) in [4.78, 5) is 11.4. The molecule has 0 heterocycles. The van der Waals surface area contributed by atoms with Gasteiger partial charge in [0.05, 0.1) is 4.90 Å². The van der Waals surface area contributed by atoms with Crippen LogP contribution in [0, 0.1) is 13.8 Å².